The average Bonchev–Trinajstić information content (AvgIpc) is 2.96. The van der Waals surface area contributed by atoms with Gasteiger partial charge in [0.25, 0.3) is 5.56 Å². The van der Waals surface area contributed by atoms with Gasteiger partial charge in [-0.1, -0.05) is 0 Å². The number of aromatic amines is 1. The molecule has 3 heterocycles. The number of halogens is 3. The number of fused-ring (bicyclic) bond motifs is 1. The average molecular weight is 332 g/mol. The number of nitrogens with zero attached hydrogens (tertiary/aromatic N) is 3. The first-order chi connectivity index (χ1) is 11.4. The van der Waals surface area contributed by atoms with Crippen molar-refractivity contribution in [2.45, 2.75) is 19.0 Å². The van der Waals surface area contributed by atoms with Gasteiger partial charge in [-0.3, -0.25) is 4.79 Å². The summed E-state index contributed by atoms with van der Waals surface area (Å²) < 4.78 is 40.2. The SMILES string of the molecule is C#CCCc1cc(C(F)(F)F)nn1-c1cc(=O)[nH]c2ncccc12. The lowest BCUT2D eigenvalue weighted by Crippen LogP contribution is -2.12. The van der Waals surface area contributed by atoms with E-state index < -0.39 is 17.4 Å². The Bertz CT molecular complexity index is 995. The van der Waals surface area contributed by atoms with Crippen LogP contribution in [0.3, 0.4) is 0 Å². The van der Waals surface area contributed by atoms with Gasteiger partial charge in [-0.25, -0.2) is 9.67 Å². The minimum absolute atomic E-state index is 0.203. The first-order valence-electron chi connectivity index (χ1n) is 6.98. The summed E-state index contributed by atoms with van der Waals surface area (Å²) in [6.45, 7) is 0. The van der Waals surface area contributed by atoms with E-state index >= 15 is 0 Å². The first kappa shape index (κ1) is 15.8. The summed E-state index contributed by atoms with van der Waals surface area (Å²) in [6.07, 6.45) is 2.55. The maximum atomic E-state index is 13.0. The van der Waals surface area contributed by atoms with Gasteiger partial charge in [-0.2, -0.15) is 18.3 Å². The van der Waals surface area contributed by atoms with E-state index in [9.17, 15) is 18.0 Å². The molecule has 0 aromatic carbocycles. The normalized spacial score (nSPS) is 11.6. The van der Waals surface area contributed by atoms with Gasteiger partial charge in [0.05, 0.1) is 5.69 Å². The highest BCUT2D eigenvalue weighted by atomic mass is 19.4. The van der Waals surface area contributed by atoms with Crippen LogP contribution >= 0.6 is 0 Å². The van der Waals surface area contributed by atoms with E-state index in [-0.39, 0.29) is 29.9 Å². The van der Waals surface area contributed by atoms with Crippen LogP contribution in [0.5, 0.6) is 0 Å². The Hall–Kier alpha value is -3.08. The van der Waals surface area contributed by atoms with Gasteiger partial charge in [0.1, 0.15) is 5.65 Å². The van der Waals surface area contributed by atoms with Crippen LogP contribution in [0.15, 0.2) is 35.3 Å². The number of nitrogens with one attached hydrogen (secondary N) is 1. The molecule has 122 valence electrons. The zero-order chi connectivity index (χ0) is 17.3. The third kappa shape index (κ3) is 2.88. The molecule has 0 saturated heterocycles. The summed E-state index contributed by atoms with van der Waals surface area (Å²) in [5.41, 5.74) is -0.748. The Labute approximate surface area is 134 Å². The Morgan fingerprint density at radius 1 is 1.33 bits per heavy atom. The number of H-pyrrole nitrogens is 1. The second-order valence-electron chi connectivity index (χ2n) is 5.05. The molecular formula is C16H11F3N4O. The van der Waals surface area contributed by atoms with Gasteiger partial charge < -0.3 is 4.98 Å². The third-order valence-electron chi connectivity index (χ3n) is 3.42. The largest absolute Gasteiger partial charge is 0.435 e. The molecule has 0 atom stereocenters. The quantitative estimate of drug-likeness (QED) is 0.750. The van der Waals surface area contributed by atoms with Crippen molar-refractivity contribution in [3.63, 3.8) is 0 Å². The highest BCUT2D eigenvalue weighted by Gasteiger charge is 2.35. The molecule has 1 N–H and O–H groups in total. The van der Waals surface area contributed by atoms with E-state index in [1.54, 1.807) is 12.1 Å². The van der Waals surface area contributed by atoms with Crippen molar-refractivity contribution in [3.8, 4) is 18.0 Å². The number of terminal acetylenes is 1. The van der Waals surface area contributed by atoms with E-state index in [4.69, 9.17) is 6.42 Å². The van der Waals surface area contributed by atoms with Gasteiger partial charge in [-0.05, 0) is 18.2 Å². The number of hydrogen-bond donors (Lipinski definition) is 1. The van der Waals surface area contributed by atoms with Crippen LogP contribution in [0, 0.1) is 12.3 Å². The Balaban J connectivity index is 2.27. The predicted molar refractivity (Wildman–Crippen MR) is 81.6 cm³/mol. The molecule has 3 rings (SSSR count). The number of hydrogen-bond acceptors (Lipinski definition) is 3. The zero-order valence-electron chi connectivity index (χ0n) is 12.3. The molecule has 0 fully saturated rings. The van der Waals surface area contributed by atoms with Crippen LogP contribution in [-0.2, 0) is 12.6 Å². The number of alkyl halides is 3. The summed E-state index contributed by atoms with van der Waals surface area (Å²) in [6, 6.07) is 5.41. The maximum absolute atomic E-state index is 13.0. The monoisotopic (exact) mass is 332 g/mol. The molecule has 0 aliphatic carbocycles. The lowest BCUT2D eigenvalue weighted by atomic mass is 10.2. The summed E-state index contributed by atoms with van der Waals surface area (Å²) in [7, 11) is 0. The molecular weight excluding hydrogens is 321 g/mol. The van der Waals surface area contributed by atoms with Crippen molar-refractivity contribution < 1.29 is 13.2 Å². The standard InChI is InChI=1S/C16H11F3N4O/c1-2-3-5-10-8-13(16(17,18)19)22-23(10)12-9-14(24)21-15-11(12)6-4-7-20-15/h1,4,6-9H,3,5H2,(H,20,21,24). The maximum Gasteiger partial charge on any atom is 0.435 e. The molecule has 3 aromatic rings. The fourth-order valence-corrected chi connectivity index (χ4v) is 2.39. The number of rotatable bonds is 3. The van der Waals surface area contributed by atoms with Crippen molar-refractivity contribution in [1.29, 1.82) is 0 Å². The summed E-state index contributed by atoms with van der Waals surface area (Å²) in [5, 5.41) is 4.12. The van der Waals surface area contributed by atoms with E-state index in [0.717, 1.165) is 10.7 Å². The van der Waals surface area contributed by atoms with Crippen LogP contribution < -0.4 is 5.56 Å². The number of aryl methyl sites for hydroxylation is 1. The van der Waals surface area contributed by atoms with Gasteiger partial charge in [0.15, 0.2) is 5.69 Å². The van der Waals surface area contributed by atoms with Crippen LogP contribution in [0.1, 0.15) is 17.8 Å². The van der Waals surface area contributed by atoms with E-state index in [2.05, 4.69) is 21.0 Å². The third-order valence-corrected chi connectivity index (χ3v) is 3.42. The Morgan fingerprint density at radius 3 is 2.83 bits per heavy atom. The molecule has 0 aliphatic heterocycles. The smallest absolute Gasteiger partial charge is 0.306 e. The van der Waals surface area contributed by atoms with Crippen LogP contribution in [0.2, 0.25) is 0 Å². The molecule has 0 unspecified atom stereocenters. The van der Waals surface area contributed by atoms with E-state index in [0.29, 0.717) is 5.39 Å². The Kier molecular flexibility index (Phi) is 3.85. The Morgan fingerprint density at radius 2 is 2.12 bits per heavy atom. The van der Waals surface area contributed by atoms with Gasteiger partial charge >= 0.3 is 6.18 Å². The molecule has 3 aromatic heterocycles. The predicted octanol–water partition coefficient (Wildman–Crippen LogP) is 2.69. The topological polar surface area (TPSA) is 63.6 Å². The molecule has 0 saturated carbocycles. The van der Waals surface area contributed by atoms with Crippen molar-refractivity contribution >= 4 is 11.0 Å². The highest BCUT2D eigenvalue weighted by molar-refractivity contribution is 5.83. The van der Waals surface area contributed by atoms with Crippen molar-refractivity contribution in [1.82, 2.24) is 19.7 Å². The van der Waals surface area contributed by atoms with Crippen LogP contribution in [0.25, 0.3) is 16.7 Å². The zero-order valence-corrected chi connectivity index (χ0v) is 12.3. The second-order valence-corrected chi connectivity index (χ2v) is 5.05. The number of aromatic nitrogens is 4. The van der Waals surface area contributed by atoms with Crippen molar-refractivity contribution in [2.24, 2.45) is 0 Å². The second kappa shape index (κ2) is 5.85. The lowest BCUT2D eigenvalue weighted by Gasteiger charge is -2.09. The molecule has 0 amide bonds. The van der Waals surface area contributed by atoms with Gasteiger partial charge in [-0.15, -0.1) is 12.3 Å². The minimum Gasteiger partial charge on any atom is -0.306 e. The summed E-state index contributed by atoms with van der Waals surface area (Å²) in [4.78, 5) is 18.4. The van der Waals surface area contributed by atoms with E-state index in [1.807, 2.05) is 0 Å². The van der Waals surface area contributed by atoms with Crippen molar-refractivity contribution in [3.05, 3.63) is 52.2 Å². The summed E-state index contributed by atoms with van der Waals surface area (Å²) in [5.74, 6) is 2.39. The van der Waals surface area contributed by atoms with Gasteiger partial charge in [0, 0.05) is 36.2 Å². The molecule has 0 bridgehead atoms. The number of pyridine rings is 2. The molecule has 5 nitrogen and oxygen atoms in total. The van der Waals surface area contributed by atoms with Crippen LogP contribution in [-0.4, -0.2) is 19.7 Å². The first-order valence-corrected chi connectivity index (χ1v) is 6.98. The van der Waals surface area contributed by atoms with Crippen LogP contribution in [0.4, 0.5) is 13.2 Å². The lowest BCUT2D eigenvalue weighted by molar-refractivity contribution is -0.141. The fraction of sp³-hybridized carbons (Fsp3) is 0.188. The molecule has 24 heavy (non-hydrogen) atoms. The fourth-order valence-electron chi connectivity index (χ4n) is 2.39. The highest BCUT2D eigenvalue weighted by Crippen LogP contribution is 2.30. The molecule has 0 aliphatic rings. The minimum atomic E-state index is -4.59. The molecule has 8 heteroatoms. The molecule has 0 spiro atoms. The summed E-state index contributed by atoms with van der Waals surface area (Å²) >= 11 is 0. The van der Waals surface area contributed by atoms with Gasteiger partial charge in [0.2, 0.25) is 0 Å². The van der Waals surface area contributed by atoms with E-state index in [1.165, 1.54) is 12.3 Å². The molecule has 0 radical (unpaired) electrons. The van der Waals surface area contributed by atoms with Crippen molar-refractivity contribution in [2.75, 3.05) is 0 Å².